The van der Waals surface area contributed by atoms with Crippen LogP contribution in [0.15, 0.2) is 53.2 Å². The molecule has 12 heteroatoms. The highest BCUT2D eigenvalue weighted by Gasteiger charge is 2.51. The van der Waals surface area contributed by atoms with E-state index in [-0.39, 0.29) is 30.6 Å². The van der Waals surface area contributed by atoms with Gasteiger partial charge in [0.25, 0.3) is 5.91 Å². The lowest BCUT2D eigenvalue weighted by Gasteiger charge is -2.44. The molecule has 0 bridgehead atoms. The molecule has 1 N–H and O–H groups in total. The molecule has 5 rings (SSSR count). The Morgan fingerprint density at radius 3 is 2.36 bits per heavy atom. The monoisotopic (exact) mass is 585 g/mol. The van der Waals surface area contributed by atoms with Gasteiger partial charge in [0.05, 0.1) is 6.54 Å². The summed E-state index contributed by atoms with van der Waals surface area (Å²) in [4.78, 5) is 48.9. The Balaban J connectivity index is 1.56. The SMILES string of the molecule is CC(C)CC1C(=O)NC(C2Cc3ccccc3C2)C(=O)N1C(C(=O)N(C)Cc1nccn1C)c1ccc(C(F)(F)F)o1. The van der Waals surface area contributed by atoms with Gasteiger partial charge >= 0.3 is 6.18 Å². The number of hydrogen-bond acceptors (Lipinski definition) is 5. The van der Waals surface area contributed by atoms with E-state index in [4.69, 9.17) is 4.42 Å². The molecule has 1 fully saturated rings. The maximum atomic E-state index is 14.4. The molecule has 3 unspecified atom stereocenters. The Morgan fingerprint density at radius 2 is 1.81 bits per heavy atom. The summed E-state index contributed by atoms with van der Waals surface area (Å²) in [6.45, 7) is 3.76. The van der Waals surface area contributed by atoms with Gasteiger partial charge in [-0.15, -0.1) is 0 Å². The number of hydrogen-bond donors (Lipinski definition) is 1. The van der Waals surface area contributed by atoms with Crippen molar-refractivity contribution in [3.05, 3.63) is 77.3 Å². The first-order chi connectivity index (χ1) is 19.8. The van der Waals surface area contributed by atoms with Crippen molar-refractivity contribution in [1.82, 2.24) is 24.7 Å². The Morgan fingerprint density at radius 1 is 1.14 bits per heavy atom. The summed E-state index contributed by atoms with van der Waals surface area (Å²) in [7, 11) is 3.23. The first-order valence-electron chi connectivity index (χ1n) is 13.9. The molecule has 3 atom stereocenters. The van der Waals surface area contributed by atoms with E-state index in [1.165, 1.54) is 16.8 Å². The molecule has 3 aromatic rings. The summed E-state index contributed by atoms with van der Waals surface area (Å²) in [5, 5.41) is 2.90. The number of nitrogens with zero attached hydrogens (tertiary/aromatic N) is 4. The van der Waals surface area contributed by atoms with Crippen molar-refractivity contribution in [2.45, 2.75) is 64.0 Å². The number of carbonyl (C=O) groups is 3. The zero-order valence-corrected chi connectivity index (χ0v) is 23.9. The summed E-state index contributed by atoms with van der Waals surface area (Å²) in [6.07, 6.45) is -0.236. The van der Waals surface area contributed by atoms with E-state index in [1.54, 1.807) is 24.0 Å². The summed E-state index contributed by atoms with van der Waals surface area (Å²) in [5.41, 5.74) is 2.15. The number of carbonyl (C=O) groups excluding carboxylic acids is 3. The summed E-state index contributed by atoms with van der Waals surface area (Å²) in [5.74, 6) is -3.11. The van der Waals surface area contributed by atoms with Gasteiger partial charge in [0, 0.05) is 26.5 Å². The lowest BCUT2D eigenvalue weighted by molar-refractivity contribution is -0.162. The van der Waals surface area contributed by atoms with Crippen molar-refractivity contribution in [1.29, 1.82) is 0 Å². The van der Waals surface area contributed by atoms with Crippen LogP contribution in [0.3, 0.4) is 0 Å². The topological polar surface area (TPSA) is 101 Å². The molecule has 3 amide bonds. The van der Waals surface area contributed by atoms with Crippen LogP contribution >= 0.6 is 0 Å². The van der Waals surface area contributed by atoms with Gasteiger partial charge in [-0.05, 0) is 54.4 Å². The van der Waals surface area contributed by atoms with Crippen molar-refractivity contribution in [3.63, 3.8) is 0 Å². The van der Waals surface area contributed by atoms with Gasteiger partial charge in [-0.25, -0.2) is 4.98 Å². The Bertz CT molecular complexity index is 1450. The molecule has 0 radical (unpaired) electrons. The van der Waals surface area contributed by atoms with Gasteiger partial charge < -0.3 is 24.1 Å². The second-order valence-corrected chi connectivity index (χ2v) is 11.6. The maximum absolute atomic E-state index is 14.4. The average Bonchev–Trinajstić information content (AvgIpc) is 3.67. The number of rotatable bonds is 8. The Hall–Kier alpha value is -4.09. The maximum Gasteiger partial charge on any atom is 0.449 e. The van der Waals surface area contributed by atoms with Crippen LogP contribution in [0.25, 0.3) is 0 Å². The molecular weight excluding hydrogens is 551 g/mol. The van der Waals surface area contributed by atoms with Crippen LogP contribution < -0.4 is 5.32 Å². The van der Waals surface area contributed by atoms with Crippen LogP contribution in [-0.2, 0) is 47.0 Å². The lowest BCUT2D eigenvalue weighted by atomic mass is 9.88. The molecule has 1 aliphatic carbocycles. The largest absolute Gasteiger partial charge is 0.454 e. The van der Waals surface area contributed by atoms with Crippen LogP contribution in [0.5, 0.6) is 0 Å². The molecule has 3 heterocycles. The zero-order valence-electron chi connectivity index (χ0n) is 23.9. The van der Waals surface area contributed by atoms with E-state index in [0.29, 0.717) is 18.7 Å². The minimum atomic E-state index is -4.80. The number of aromatic nitrogens is 2. The molecular formula is C30H34F3N5O4. The Labute approximate surface area is 241 Å². The number of piperazine rings is 1. The third-order valence-corrected chi connectivity index (χ3v) is 8.07. The van der Waals surface area contributed by atoms with Crippen LogP contribution in [0, 0.1) is 11.8 Å². The predicted molar refractivity (Wildman–Crippen MR) is 145 cm³/mol. The summed E-state index contributed by atoms with van der Waals surface area (Å²) >= 11 is 0. The fourth-order valence-electron chi connectivity index (χ4n) is 5.95. The van der Waals surface area contributed by atoms with Gasteiger partial charge in [0.15, 0.2) is 6.04 Å². The molecule has 1 saturated heterocycles. The van der Waals surface area contributed by atoms with E-state index < -0.39 is 47.8 Å². The quantitative estimate of drug-likeness (QED) is 0.433. The fraction of sp³-hybridized carbons (Fsp3) is 0.467. The lowest BCUT2D eigenvalue weighted by Crippen LogP contribution is -2.67. The van der Waals surface area contributed by atoms with Gasteiger partial charge in [0.1, 0.15) is 23.7 Å². The van der Waals surface area contributed by atoms with Crippen LogP contribution in [-0.4, -0.2) is 56.2 Å². The highest BCUT2D eigenvalue weighted by molar-refractivity contribution is 6.00. The number of furan rings is 1. The first-order valence-corrected chi connectivity index (χ1v) is 13.9. The number of alkyl halides is 3. The standard InChI is InChI=1S/C30H34F3N5O4/c1-17(2)13-21-27(39)35-25(20-14-18-7-5-6-8-19(18)15-20)28(40)38(21)26(22-9-10-23(42-22)30(31,32)33)29(41)37(4)16-24-34-11-12-36(24)3/h5-12,17,20-21,25-26H,13-16H2,1-4H3,(H,35,39). The Kier molecular flexibility index (Phi) is 7.91. The minimum Gasteiger partial charge on any atom is -0.454 e. The number of imidazole rings is 1. The summed E-state index contributed by atoms with van der Waals surface area (Å²) < 4.78 is 47.7. The number of halogens is 3. The number of likely N-dealkylation sites (N-methyl/N-ethyl adjacent to an activating group) is 1. The van der Waals surface area contributed by atoms with Crippen molar-refractivity contribution >= 4 is 17.7 Å². The molecule has 42 heavy (non-hydrogen) atoms. The third-order valence-electron chi connectivity index (χ3n) is 8.07. The summed E-state index contributed by atoms with van der Waals surface area (Å²) in [6, 6.07) is 5.93. The van der Waals surface area contributed by atoms with E-state index in [2.05, 4.69) is 10.3 Å². The minimum absolute atomic E-state index is 0.0239. The highest BCUT2D eigenvalue weighted by Crippen LogP contribution is 2.38. The molecule has 9 nitrogen and oxygen atoms in total. The van der Waals surface area contributed by atoms with Crippen LogP contribution in [0.2, 0.25) is 0 Å². The number of nitrogens with one attached hydrogen (secondary N) is 1. The zero-order chi connectivity index (χ0) is 30.3. The van der Waals surface area contributed by atoms with Gasteiger partial charge in [-0.1, -0.05) is 38.1 Å². The normalized spacial score (nSPS) is 20.1. The van der Waals surface area contributed by atoms with Gasteiger partial charge in [0.2, 0.25) is 17.6 Å². The van der Waals surface area contributed by atoms with E-state index in [0.717, 1.165) is 23.3 Å². The van der Waals surface area contributed by atoms with Gasteiger partial charge in [-0.2, -0.15) is 13.2 Å². The molecule has 2 aliphatic rings. The third kappa shape index (κ3) is 5.66. The molecule has 1 aromatic carbocycles. The van der Waals surface area contributed by atoms with E-state index >= 15 is 0 Å². The van der Waals surface area contributed by atoms with Gasteiger partial charge in [-0.3, -0.25) is 14.4 Å². The van der Waals surface area contributed by atoms with Crippen molar-refractivity contribution in [2.75, 3.05) is 7.05 Å². The van der Waals surface area contributed by atoms with Crippen LogP contribution in [0.1, 0.15) is 54.8 Å². The number of amides is 3. The highest BCUT2D eigenvalue weighted by atomic mass is 19.4. The molecule has 224 valence electrons. The van der Waals surface area contributed by atoms with E-state index in [1.807, 2.05) is 38.1 Å². The van der Waals surface area contributed by atoms with Crippen molar-refractivity contribution in [2.24, 2.45) is 18.9 Å². The van der Waals surface area contributed by atoms with Crippen LogP contribution in [0.4, 0.5) is 13.2 Å². The van der Waals surface area contributed by atoms with Crippen molar-refractivity contribution < 1.29 is 32.0 Å². The van der Waals surface area contributed by atoms with Crippen molar-refractivity contribution in [3.8, 4) is 0 Å². The number of fused-ring (bicyclic) bond motifs is 1. The predicted octanol–water partition coefficient (Wildman–Crippen LogP) is 3.89. The molecule has 2 aromatic heterocycles. The second kappa shape index (κ2) is 11.3. The number of aryl methyl sites for hydroxylation is 1. The molecule has 1 aliphatic heterocycles. The average molecular weight is 586 g/mol. The first kappa shape index (κ1) is 29.4. The van der Waals surface area contributed by atoms with E-state index in [9.17, 15) is 27.6 Å². The molecule has 0 saturated carbocycles. The smallest absolute Gasteiger partial charge is 0.449 e. The molecule has 0 spiro atoms. The fourth-order valence-corrected chi connectivity index (χ4v) is 5.95. The second-order valence-electron chi connectivity index (χ2n) is 11.6. The number of benzene rings is 1.